The lowest BCUT2D eigenvalue weighted by atomic mass is 10.0. The van der Waals surface area contributed by atoms with Gasteiger partial charge in [0.2, 0.25) is 11.8 Å². The number of carbonyl (C=O) groups excluding carboxylic acids is 3. The van der Waals surface area contributed by atoms with Crippen LogP contribution in [0.5, 0.6) is 0 Å². The van der Waals surface area contributed by atoms with Gasteiger partial charge in [-0.1, -0.05) is 32.0 Å². The van der Waals surface area contributed by atoms with Crippen molar-refractivity contribution in [2.24, 2.45) is 0 Å². The van der Waals surface area contributed by atoms with Gasteiger partial charge in [0.15, 0.2) is 5.76 Å². The van der Waals surface area contributed by atoms with Crippen molar-refractivity contribution in [2.75, 3.05) is 44.6 Å². The second-order valence-electron chi connectivity index (χ2n) is 7.88. The number of rotatable bonds is 8. The highest BCUT2D eigenvalue weighted by Crippen LogP contribution is 2.22. The zero-order valence-corrected chi connectivity index (χ0v) is 18.9. The summed E-state index contributed by atoms with van der Waals surface area (Å²) in [5.41, 5.74) is 3.21. The van der Waals surface area contributed by atoms with Gasteiger partial charge in [-0.25, -0.2) is 0 Å². The lowest BCUT2D eigenvalue weighted by Crippen LogP contribution is -2.42. The molecule has 8 nitrogen and oxygen atoms in total. The van der Waals surface area contributed by atoms with Crippen LogP contribution in [0.25, 0.3) is 0 Å². The van der Waals surface area contributed by atoms with E-state index < -0.39 is 5.91 Å². The van der Waals surface area contributed by atoms with Gasteiger partial charge in [-0.3, -0.25) is 19.3 Å². The fraction of sp³-hybridized carbons (Fsp3) is 0.458. The summed E-state index contributed by atoms with van der Waals surface area (Å²) >= 11 is 0. The molecule has 1 aliphatic heterocycles. The van der Waals surface area contributed by atoms with Crippen LogP contribution < -0.4 is 10.6 Å². The number of benzene rings is 1. The van der Waals surface area contributed by atoms with Gasteiger partial charge in [-0.15, -0.1) is 0 Å². The lowest BCUT2D eigenvalue weighted by molar-refractivity contribution is -0.129. The first kappa shape index (κ1) is 23.5. The highest BCUT2D eigenvalue weighted by Gasteiger charge is 2.22. The monoisotopic (exact) mass is 440 g/mol. The van der Waals surface area contributed by atoms with Gasteiger partial charge in [0.1, 0.15) is 0 Å². The van der Waals surface area contributed by atoms with Gasteiger partial charge in [0, 0.05) is 31.9 Å². The number of nitrogens with zero attached hydrogens (tertiary/aromatic N) is 2. The Morgan fingerprint density at radius 3 is 2.38 bits per heavy atom. The lowest BCUT2D eigenvalue weighted by Gasteiger charge is -2.22. The van der Waals surface area contributed by atoms with E-state index in [0.29, 0.717) is 26.2 Å². The molecule has 1 aliphatic rings. The molecule has 0 spiro atoms. The molecule has 0 atom stereocenters. The molecule has 0 saturated carbocycles. The normalized spacial score (nSPS) is 14.6. The Bertz CT molecular complexity index is 904. The van der Waals surface area contributed by atoms with Crippen LogP contribution in [0.3, 0.4) is 0 Å². The predicted octanol–water partition coefficient (Wildman–Crippen LogP) is 2.31. The van der Waals surface area contributed by atoms with Crippen LogP contribution in [-0.4, -0.2) is 66.8 Å². The number of furan rings is 1. The van der Waals surface area contributed by atoms with E-state index in [2.05, 4.69) is 41.5 Å². The summed E-state index contributed by atoms with van der Waals surface area (Å²) in [7, 11) is 0. The number of anilines is 1. The Labute approximate surface area is 188 Å². The highest BCUT2D eigenvalue weighted by molar-refractivity contribution is 5.94. The molecule has 0 aliphatic carbocycles. The first-order chi connectivity index (χ1) is 15.5. The number of aryl methyl sites for hydroxylation is 2. The van der Waals surface area contributed by atoms with Crippen molar-refractivity contribution in [3.8, 4) is 0 Å². The van der Waals surface area contributed by atoms with Gasteiger partial charge in [0.05, 0.1) is 19.4 Å². The van der Waals surface area contributed by atoms with Crippen molar-refractivity contribution < 1.29 is 18.8 Å². The smallest absolute Gasteiger partial charge is 0.287 e. The Morgan fingerprint density at radius 1 is 0.969 bits per heavy atom. The maximum Gasteiger partial charge on any atom is 0.287 e. The van der Waals surface area contributed by atoms with Gasteiger partial charge in [-0.2, -0.15) is 0 Å². The van der Waals surface area contributed by atoms with Gasteiger partial charge in [0.25, 0.3) is 5.91 Å². The van der Waals surface area contributed by atoms with E-state index >= 15 is 0 Å². The van der Waals surface area contributed by atoms with E-state index in [0.717, 1.165) is 42.6 Å². The SMILES string of the molecule is CCc1cccc(CC)c1NC(=O)CN1CCCN(C(=O)CNC(=O)c2ccco2)CC1. The minimum atomic E-state index is -0.407. The summed E-state index contributed by atoms with van der Waals surface area (Å²) < 4.78 is 5.03. The second kappa shape index (κ2) is 11.5. The summed E-state index contributed by atoms with van der Waals surface area (Å²) in [4.78, 5) is 41.0. The molecular weight excluding hydrogens is 408 g/mol. The van der Waals surface area contributed by atoms with Gasteiger partial charge < -0.3 is 20.0 Å². The van der Waals surface area contributed by atoms with Crippen molar-refractivity contribution in [1.82, 2.24) is 15.1 Å². The maximum atomic E-state index is 12.7. The van der Waals surface area contributed by atoms with Crippen LogP contribution in [0.2, 0.25) is 0 Å². The Balaban J connectivity index is 1.48. The molecule has 1 saturated heterocycles. The first-order valence-electron chi connectivity index (χ1n) is 11.2. The van der Waals surface area contributed by atoms with E-state index in [9.17, 15) is 14.4 Å². The van der Waals surface area contributed by atoms with E-state index in [1.54, 1.807) is 17.0 Å². The number of amides is 3. The molecule has 2 heterocycles. The van der Waals surface area contributed by atoms with Crippen molar-refractivity contribution in [3.05, 3.63) is 53.5 Å². The van der Waals surface area contributed by atoms with Gasteiger partial charge >= 0.3 is 0 Å². The van der Waals surface area contributed by atoms with Crippen LogP contribution in [-0.2, 0) is 22.4 Å². The predicted molar refractivity (Wildman–Crippen MR) is 123 cm³/mol. The minimum absolute atomic E-state index is 0.0360. The van der Waals surface area contributed by atoms with Crippen LogP contribution in [0.1, 0.15) is 41.9 Å². The molecule has 3 rings (SSSR count). The van der Waals surface area contributed by atoms with E-state index in [-0.39, 0.29) is 24.1 Å². The molecular formula is C24H32N4O4. The Kier molecular flexibility index (Phi) is 8.44. The fourth-order valence-electron chi connectivity index (χ4n) is 3.93. The van der Waals surface area contributed by atoms with Crippen molar-refractivity contribution >= 4 is 23.4 Å². The van der Waals surface area contributed by atoms with Crippen molar-refractivity contribution in [1.29, 1.82) is 0 Å². The molecule has 2 N–H and O–H groups in total. The average molecular weight is 441 g/mol. The second-order valence-corrected chi connectivity index (χ2v) is 7.88. The Morgan fingerprint density at radius 2 is 1.72 bits per heavy atom. The average Bonchev–Trinajstić information content (AvgIpc) is 3.24. The van der Waals surface area contributed by atoms with Crippen molar-refractivity contribution in [3.63, 3.8) is 0 Å². The summed E-state index contributed by atoms with van der Waals surface area (Å²) in [6, 6.07) is 9.31. The van der Waals surface area contributed by atoms with Crippen molar-refractivity contribution in [2.45, 2.75) is 33.1 Å². The number of hydrogen-bond acceptors (Lipinski definition) is 5. The molecule has 1 aromatic carbocycles. The largest absolute Gasteiger partial charge is 0.459 e. The number of nitrogens with one attached hydrogen (secondary N) is 2. The molecule has 0 unspecified atom stereocenters. The number of hydrogen-bond donors (Lipinski definition) is 2. The number of para-hydroxylation sites is 1. The molecule has 172 valence electrons. The van der Waals surface area contributed by atoms with Gasteiger partial charge in [-0.05, 0) is 42.5 Å². The summed E-state index contributed by atoms with van der Waals surface area (Å²) in [6.45, 7) is 6.86. The Hall–Kier alpha value is -3.13. The number of carbonyl (C=O) groups is 3. The summed E-state index contributed by atoms with van der Waals surface area (Å²) in [5, 5.41) is 5.70. The third-order valence-electron chi connectivity index (χ3n) is 5.72. The standard InChI is InChI=1S/C24H32N4O4/c1-3-18-8-5-9-19(4-2)23(18)26-21(29)17-27-11-7-12-28(14-13-27)22(30)16-25-24(31)20-10-6-15-32-20/h5-6,8-10,15H,3-4,7,11-14,16-17H2,1-2H3,(H,25,31)(H,26,29). The molecule has 0 bridgehead atoms. The fourth-order valence-corrected chi connectivity index (χ4v) is 3.93. The molecule has 2 aromatic rings. The summed E-state index contributed by atoms with van der Waals surface area (Å²) in [5.74, 6) is -0.399. The quantitative estimate of drug-likeness (QED) is 0.657. The topological polar surface area (TPSA) is 94.9 Å². The third kappa shape index (κ3) is 6.20. The zero-order chi connectivity index (χ0) is 22.9. The summed E-state index contributed by atoms with van der Waals surface area (Å²) in [6.07, 6.45) is 3.92. The van der Waals surface area contributed by atoms with E-state index in [1.165, 1.54) is 6.26 Å². The molecule has 32 heavy (non-hydrogen) atoms. The van der Waals surface area contributed by atoms with Crippen LogP contribution in [0, 0.1) is 0 Å². The molecule has 8 heteroatoms. The van der Waals surface area contributed by atoms with Crippen LogP contribution in [0.15, 0.2) is 41.0 Å². The molecule has 1 fully saturated rings. The first-order valence-corrected chi connectivity index (χ1v) is 11.2. The molecule has 1 aromatic heterocycles. The highest BCUT2D eigenvalue weighted by atomic mass is 16.3. The third-order valence-corrected chi connectivity index (χ3v) is 5.72. The van der Waals surface area contributed by atoms with E-state index in [4.69, 9.17) is 4.42 Å². The molecule has 3 amide bonds. The maximum absolute atomic E-state index is 12.7. The minimum Gasteiger partial charge on any atom is -0.459 e. The van der Waals surface area contributed by atoms with Crippen LogP contribution in [0.4, 0.5) is 5.69 Å². The van der Waals surface area contributed by atoms with E-state index in [1.807, 2.05) is 6.07 Å². The zero-order valence-electron chi connectivity index (χ0n) is 18.9. The molecule has 0 radical (unpaired) electrons. The van der Waals surface area contributed by atoms with Crippen LogP contribution >= 0.6 is 0 Å².